The van der Waals surface area contributed by atoms with Gasteiger partial charge in [-0.3, -0.25) is 0 Å². The molecule has 0 N–H and O–H groups in total. The molecule has 0 heterocycles. The van der Waals surface area contributed by atoms with Gasteiger partial charge in [0.05, 0.1) is 11.6 Å². The zero-order valence-electron chi connectivity index (χ0n) is 9.78. The maximum absolute atomic E-state index is 8.71. The predicted octanol–water partition coefficient (Wildman–Crippen LogP) is 4.07. The first-order valence-corrected chi connectivity index (χ1v) is 6.37. The third kappa shape index (κ3) is 3.10. The maximum atomic E-state index is 8.71. The van der Waals surface area contributed by atoms with Gasteiger partial charge in [0.15, 0.2) is 0 Å². The number of nitriles is 1. The minimum atomic E-state index is 0.765. The van der Waals surface area contributed by atoms with Crippen molar-refractivity contribution in [3.8, 4) is 6.07 Å². The van der Waals surface area contributed by atoms with Crippen molar-refractivity contribution in [1.82, 2.24) is 0 Å². The number of aryl methyl sites for hydroxylation is 1. The molecule has 1 saturated carbocycles. The van der Waals surface area contributed by atoms with Crippen molar-refractivity contribution in [2.75, 3.05) is 0 Å². The lowest BCUT2D eigenvalue weighted by Gasteiger charge is -2.21. The van der Waals surface area contributed by atoms with Gasteiger partial charge in [-0.25, -0.2) is 0 Å². The van der Waals surface area contributed by atoms with E-state index in [1.54, 1.807) is 0 Å². The molecule has 1 fully saturated rings. The molecule has 0 radical (unpaired) electrons. The summed E-state index contributed by atoms with van der Waals surface area (Å²) in [6.45, 7) is 0. The molecule has 84 valence electrons. The summed E-state index contributed by atoms with van der Waals surface area (Å²) in [5.41, 5.74) is 2.14. The van der Waals surface area contributed by atoms with E-state index in [9.17, 15) is 0 Å². The Morgan fingerprint density at radius 2 is 1.75 bits per heavy atom. The van der Waals surface area contributed by atoms with E-state index in [0.29, 0.717) is 0 Å². The monoisotopic (exact) mass is 213 g/mol. The Morgan fingerprint density at radius 3 is 2.38 bits per heavy atom. The summed E-state index contributed by atoms with van der Waals surface area (Å²) in [5.74, 6) is 0.949. The summed E-state index contributed by atoms with van der Waals surface area (Å²) in [5, 5.41) is 8.71. The fourth-order valence-electron chi connectivity index (χ4n) is 2.59. The smallest absolute Gasteiger partial charge is 0.0991 e. The molecule has 0 aliphatic heterocycles. The molecule has 16 heavy (non-hydrogen) atoms. The Bertz CT molecular complexity index is 352. The average Bonchev–Trinajstić information content (AvgIpc) is 2.38. The lowest BCUT2D eigenvalue weighted by atomic mass is 9.85. The first kappa shape index (κ1) is 11.2. The van der Waals surface area contributed by atoms with Crippen LogP contribution < -0.4 is 0 Å². The van der Waals surface area contributed by atoms with E-state index in [0.717, 1.165) is 11.5 Å². The molecule has 2 rings (SSSR count). The molecule has 0 amide bonds. The van der Waals surface area contributed by atoms with Crippen molar-refractivity contribution in [2.24, 2.45) is 5.92 Å². The highest BCUT2D eigenvalue weighted by molar-refractivity contribution is 5.31. The van der Waals surface area contributed by atoms with Crippen LogP contribution in [0.15, 0.2) is 24.3 Å². The highest BCUT2D eigenvalue weighted by Gasteiger charge is 2.12. The second-order valence-corrected chi connectivity index (χ2v) is 4.85. The lowest BCUT2D eigenvalue weighted by molar-refractivity contribution is 0.339. The summed E-state index contributed by atoms with van der Waals surface area (Å²) >= 11 is 0. The van der Waals surface area contributed by atoms with Gasteiger partial charge in [-0.2, -0.15) is 5.26 Å². The third-order valence-electron chi connectivity index (χ3n) is 3.65. The molecule has 1 aliphatic carbocycles. The number of nitrogens with zero attached hydrogens (tertiary/aromatic N) is 1. The van der Waals surface area contributed by atoms with Crippen LogP contribution in [0.5, 0.6) is 0 Å². The molecule has 0 atom stereocenters. The Morgan fingerprint density at radius 1 is 1.06 bits per heavy atom. The molecule has 1 aromatic rings. The standard InChI is InChI=1S/C15H19N/c16-12-15-10-8-14(9-11-15)7-6-13-4-2-1-3-5-13/h8-11,13H,1-7H2. The summed E-state index contributed by atoms with van der Waals surface area (Å²) in [7, 11) is 0. The predicted molar refractivity (Wildman–Crippen MR) is 66.1 cm³/mol. The molecule has 0 unspecified atom stereocenters. The second kappa shape index (κ2) is 5.70. The van der Waals surface area contributed by atoms with E-state index in [2.05, 4.69) is 18.2 Å². The van der Waals surface area contributed by atoms with Crippen molar-refractivity contribution in [3.63, 3.8) is 0 Å². The Hall–Kier alpha value is -1.29. The van der Waals surface area contributed by atoms with Gasteiger partial charge >= 0.3 is 0 Å². The van der Waals surface area contributed by atoms with Gasteiger partial charge in [0.1, 0.15) is 0 Å². The molecular formula is C15H19N. The Balaban J connectivity index is 1.82. The summed E-state index contributed by atoms with van der Waals surface area (Å²) < 4.78 is 0. The van der Waals surface area contributed by atoms with Crippen LogP contribution in [0.1, 0.15) is 49.7 Å². The highest BCUT2D eigenvalue weighted by atomic mass is 14.2. The van der Waals surface area contributed by atoms with Gasteiger partial charge in [-0.15, -0.1) is 0 Å². The highest BCUT2D eigenvalue weighted by Crippen LogP contribution is 2.27. The van der Waals surface area contributed by atoms with E-state index in [-0.39, 0.29) is 0 Å². The normalized spacial score (nSPS) is 16.9. The number of benzene rings is 1. The minimum absolute atomic E-state index is 0.765. The fraction of sp³-hybridized carbons (Fsp3) is 0.533. The number of hydrogen-bond donors (Lipinski definition) is 0. The van der Waals surface area contributed by atoms with E-state index < -0.39 is 0 Å². The van der Waals surface area contributed by atoms with Crippen LogP contribution in [-0.2, 0) is 6.42 Å². The van der Waals surface area contributed by atoms with Gasteiger partial charge in [0, 0.05) is 0 Å². The van der Waals surface area contributed by atoms with Crippen LogP contribution in [0.2, 0.25) is 0 Å². The van der Waals surface area contributed by atoms with Gasteiger partial charge in [-0.05, 0) is 36.5 Å². The molecule has 1 aliphatic rings. The van der Waals surface area contributed by atoms with E-state index in [1.165, 1.54) is 50.5 Å². The SMILES string of the molecule is N#Cc1ccc(CCC2CCCCC2)cc1. The average molecular weight is 213 g/mol. The molecule has 1 nitrogen and oxygen atoms in total. The number of rotatable bonds is 3. The molecule has 1 heteroatoms. The minimum Gasteiger partial charge on any atom is -0.192 e. The van der Waals surface area contributed by atoms with Crippen molar-refractivity contribution in [2.45, 2.75) is 44.9 Å². The zero-order chi connectivity index (χ0) is 11.2. The molecule has 0 spiro atoms. The molecular weight excluding hydrogens is 194 g/mol. The molecule has 0 saturated heterocycles. The van der Waals surface area contributed by atoms with Crippen molar-refractivity contribution in [1.29, 1.82) is 5.26 Å². The van der Waals surface area contributed by atoms with Crippen LogP contribution in [-0.4, -0.2) is 0 Å². The molecule has 0 bridgehead atoms. The quantitative estimate of drug-likeness (QED) is 0.742. The van der Waals surface area contributed by atoms with E-state index >= 15 is 0 Å². The van der Waals surface area contributed by atoms with E-state index in [1.807, 2.05) is 12.1 Å². The maximum Gasteiger partial charge on any atom is 0.0991 e. The molecule has 0 aromatic heterocycles. The van der Waals surface area contributed by atoms with Crippen LogP contribution in [0.3, 0.4) is 0 Å². The Labute approximate surface area is 98.1 Å². The fourth-order valence-corrected chi connectivity index (χ4v) is 2.59. The number of hydrogen-bond acceptors (Lipinski definition) is 1. The van der Waals surface area contributed by atoms with E-state index in [4.69, 9.17) is 5.26 Å². The molecule has 1 aromatic carbocycles. The van der Waals surface area contributed by atoms with Crippen molar-refractivity contribution in [3.05, 3.63) is 35.4 Å². The van der Waals surface area contributed by atoms with Gasteiger partial charge < -0.3 is 0 Å². The van der Waals surface area contributed by atoms with Gasteiger partial charge in [-0.1, -0.05) is 44.2 Å². The van der Waals surface area contributed by atoms with Crippen molar-refractivity contribution >= 4 is 0 Å². The topological polar surface area (TPSA) is 23.8 Å². The van der Waals surface area contributed by atoms with Gasteiger partial charge in [0.2, 0.25) is 0 Å². The summed E-state index contributed by atoms with van der Waals surface area (Å²) in [6, 6.07) is 10.2. The lowest BCUT2D eigenvalue weighted by Crippen LogP contribution is -2.07. The first-order valence-electron chi connectivity index (χ1n) is 6.37. The third-order valence-corrected chi connectivity index (χ3v) is 3.65. The van der Waals surface area contributed by atoms with Crippen LogP contribution in [0, 0.1) is 17.2 Å². The largest absolute Gasteiger partial charge is 0.192 e. The summed E-state index contributed by atoms with van der Waals surface area (Å²) in [6.07, 6.45) is 9.65. The second-order valence-electron chi connectivity index (χ2n) is 4.85. The first-order chi connectivity index (χ1) is 7.88. The van der Waals surface area contributed by atoms with Gasteiger partial charge in [0.25, 0.3) is 0 Å². The Kier molecular flexibility index (Phi) is 3.99. The zero-order valence-corrected chi connectivity index (χ0v) is 9.78. The van der Waals surface area contributed by atoms with Crippen LogP contribution >= 0.6 is 0 Å². The van der Waals surface area contributed by atoms with Crippen LogP contribution in [0.25, 0.3) is 0 Å². The summed E-state index contributed by atoms with van der Waals surface area (Å²) in [4.78, 5) is 0. The van der Waals surface area contributed by atoms with Crippen molar-refractivity contribution < 1.29 is 0 Å². The van der Waals surface area contributed by atoms with Crippen LogP contribution in [0.4, 0.5) is 0 Å².